The number of hydrogen-bond acceptors (Lipinski definition) is 4. The normalized spacial score (nSPS) is 14.8. The SMILES string of the molecule is NC(N)=NCCc1ccc(OCCC2Oc3ccccc3N(Cc3cccc(Cl)c3)C2=O)cc1. The van der Waals surface area contributed by atoms with Gasteiger partial charge in [-0.15, -0.1) is 0 Å². The maximum atomic E-state index is 13.3. The molecule has 4 rings (SSSR count). The quantitative estimate of drug-likeness (QED) is 0.358. The number of anilines is 1. The zero-order valence-corrected chi connectivity index (χ0v) is 19.4. The highest BCUT2D eigenvalue weighted by molar-refractivity contribution is 6.30. The molecular weight excluding hydrogens is 452 g/mol. The van der Waals surface area contributed by atoms with Crippen LogP contribution in [0.3, 0.4) is 0 Å². The fourth-order valence-electron chi connectivity index (χ4n) is 3.79. The molecule has 7 nitrogen and oxygen atoms in total. The minimum Gasteiger partial charge on any atom is -0.493 e. The van der Waals surface area contributed by atoms with Crippen molar-refractivity contribution in [2.75, 3.05) is 18.1 Å². The van der Waals surface area contributed by atoms with Gasteiger partial charge in [-0.2, -0.15) is 0 Å². The molecule has 1 aliphatic heterocycles. The zero-order valence-electron chi connectivity index (χ0n) is 18.7. The molecule has 1 unspecified atom stereocenters. The lowest BCUT2D eigenvalue weighted by Crippen LogP contribution is -2.46. The van der Waals surface area contributed by atoms with E-state index in [9.17, 15) is 4.79 Å². The van der Waals surface area contributed by atoms with E-state index in [2.05, 4.69) is 4.99 Å². The number of hydrogen-bond donors (Lipinski definition) is 2. The van der Waals surface area contributed by atoms with Crippen LogP contribution in [-0.2, 0) is 17.8 Å². The maximum absolute atomic E-state index is 13.3. The van der Waals surface area contributed by atoms with Crippen molar-refractivity contribution in [3.63, 3.8) is 0 Å². The predicted molar refractivity (Wildman–Crippen MR) is 134 cm³/mol. The lowest BCUT2D eigenvalue weighted by atomic mass is 10.1. The number of fused-ring (bicyclic) bond motifs is 1. The Morgan fingerprint density at radius 1 is 1.03 bits per heavy atom. The van der Waals surface area contributed by atoms with Gasteiger partial charge in [0.1, 0.15) is 11.5 Å². The molecule has 1 amide bonds. The fraction of sp³-hybridized carbons (Fsp3) is 0.231. The molecule has 8 heteroatoms. The Balaban J connectivity index is 1.37. The molecule has 0 bridgehead atoms. The molecule has 0 aliphatic carbocycles. The third kappa shape index (κ3) is 5.99. The highest BCUT2D eigenvalue weighted by Gasteiger charge is 2.34. The molecule has 3 aromatic rings. The number of guanidine groups is 1. The first-order chi connectivity index (χ1) is 16.5. The van der Waals surface area contributed by atoms with Crippen molar-refractivity contribution in [1.29, 1.82) is 0 Å². The van der Waals surface area contributed by atoms with Crippen LogP contribution in [0.5, 0.6) is 11.5 Å². The number of amides is 1. The van der Waals surface area contributed by atoms with Crippen molar-refractivity contribution >= 4 is 29.2 Å². The first-order valence-corrected chi connectivity index (χ1v) is 11.5. The Hall–Kier alpha value is -3.71. The van der Waals surface area contributed by atoms with Gasteiger partial charge in [0.05, 0.1) is 18.8 Å². The second kappa shape index (κ2) is 10.9. The number of benzene rings is 3. The second-order valence-electron chi connectivity index (χ2n) is 7.97. The summed E-state index contributed by atoms with van der Waals surface area (Å²) in [6, 6.07) is 22.8. The van der Waals surface area contributed by atoms with Crippen LogP contribution < -0.4 is 25.8 Å². The van der Waals surface area contributed by atoms with Crippen LogP contribution in [0.15, 0.2) is 77.8 Å². The molecule has 1 heterocycles. The van der Waals surface area contributed by atoms with E-state index in [1.807, 2.05) is 72.8 Å². The number of ether oxygens (including phenoxy) is 2. The molecule has 176 valence electrons. The molecule has 4 N–H and O–H groups in total. The van der Waals surface area contributed by atoms with E-state index in [0.29, 0.717) is 36.9 Å². The summed E-state index contributed by atoms with van der Waals surface area (Å²) in [7, 11) is 0. The first-order valence-electron chi connectivity index (χ1n) is 11.1. The Bertz CT molecular complexity index is 1160. The Kier molecular flexibility index (Phi) is 7.54. The van der Waals surface area contributed by atoms with Crippen LogP contribution in [-0.4, -0.2) is 31.1 Å². The van der Waals surface area contributed by atoms with E-state index >= 15 is 0 Å². The highest BCUT2D eigenvalue weighted by Crippen LogP contribution is 2.35. The number of nitrogens with two attached hydrogens (primary N) is 2. The number of para-hydroxylation sites is 2. The van der Waals surface area contributed by atoms with Crippen LogP contribution in [0, 0.1) is 0 Å². The minimum absolute atomic E-state index is 0.0909. The van der Waals surface area contributed by atoms with Crippen molar-refractivity contribution in [3.05, 3.63) is 88.9 Å². The Morgan fingerprint density at radius 3 is 2.59 bits per heavy atom. The lowest BCUT2D eigenvalue weighted by molar-refractivity contribution is -0.127. The summed E-state index contributed by atoms with van der Waals surface area (Å²) < 4.78 is 11.9. The Morgan fingerprint density at radius 2 is 1.82 bits per heavy atom. The van der Waals surface area contributed by atoms with Crippen molar-refractivity contribution in [2.24, 2.45) is 16.5 Å². The fourth-order valence-corrected chi connectivity index (χ4v) is 4.00. The van der Waals surface area contributed by atoms with Gasteiger partial charge in [-0.3, -0.25) is 9.79 Å². The highest BCUT2D eigenvalue weighted by atomic mass is 35.5. The molecular formula is C26H27ClN4O3. The van der Waals surface area contributed by atoms with E-state index in [1.54, 1.807) is 4.90 Å². The van der Waals surface area contributed by atoms with Crippen molar-refractivity contribution in [3.8, 4) is 11.5 Å². The number of nitrogens with zero attached hydrogens (tertiary/aromatic N) is 2. The average molecular weight is 479 g/mol. The maximum Gasteiger partial charge on any atom is 0.268 e. The predicted octanol–water partition coefficient (Wildman–Crippen LogP) is 3.92. The molecule has 0 saturated carbocycles. The molecule has 1 aliphatic rings. The Labute approximate surface area is 203 Å². The summed E-state index contributed by atoms with van der Waals surface area (Å²) in [5, 5.41) is 0.638. The van der Waals surface area contributed by atoms with Crippen LogP contribution >= 0.6 is 11.6 Å². The number of carbonyl (C=O) groups is 1. The largest absolute Gasteiger partial charge is 0.493 e. The number of halogens is 1. The number of aliphatic imine (C=N–C) groups is 1. The van der Waals surface area contributed by atoms with E-state index in [1.165, 1.54) is 0 Å². The van der Waals surface area contributed by atoms with Gasteiger partial charge in [-0.25, -0.2) is 0 Å². The van der Waals surface area contributed by atoms with Crippen LogP contribution in [0.4, 0.5) is 5.69 Å². The molecule has 3 aromatic carbocycles. The smallest absolute Gasteiger partial charge is 0.268 e. The molecule has 0 spiro atoms. The third-order valence-electron chi connectivity index (χ3n) is 5.46. The summed E-state index contributed by atoms with van der Waals surface area (Å²) in [4.78, 5) is 19.0. The zero-order chi connectivity index (χ0) is 23.9. The minimum atomic E-state index is -0.632. The van der Waals surface area contributed by atoms with Gasteiger partial charge in [0.15, 0.2) is 12.1 Å². The number of rotatable bonds is 9. The summed E-state index contributed by atoms with van der Waals surface area (Å²) in [6.45, 7) is 1.30. The number of carbonyl (C=O) groups excluding carboxylic acids is 1. The van der Waals surface area contributed by atoms with Crippen molar-refractivity contribution < 1.29 is 14.3 Å². The average Bonchev–Trinajstić information content (AvgIpc) is 2.82. The standard InChI is InChI=1S/C26H27ClN4O3/c27-20-5-3-4-19(16-20)17-31-22-6-1-2-7-23(22)34-24(25(31)32)13-15-33-21-10-8-18(9-11-21)12-14-30-26(28)29/h1-11,16,24H,12-15,17H2,(H4,28,29,30). The van der Waals surface area contributed by atoms with E-state index in [0.717, 1.165) is 29.0 Å². The van der Waals surface area contributed by atoms with E-state index in [4.69, 9.17) is 32.5 Å². The van der Waals surface area contributed by atoms with Crippen LogP contribution in [0.25, 0.3) is 0 Å². The van der Waals surface area contributed by atoms with Gasteiger partial charge in [0, 0.05) is 18.0 Å². The molecule has 0 radical (unpaired) electrons. The molecule has 0 fully saturated rings. The first kappa shape index (κ1) is 23.4. The molecule has 34 heavy (non-hydrogen) atoms. The summed E-state index contributed by atoms with van der Waals surface area (Å²) in [6.07, 6.45) is 0.531. The summed E-state index contributed by atoms with van der Waals surface area (Å²) >= 11 is 6.14. The van der Waals surface area contributed by atoms with Crippen molar-refractivity contribution in [2.45, 2.75) is 25.5 Å². The van der Waals surface area contributed by atoms with Gasteiger partial charge < -0.3 is 25.8 Å². The second-order valence-corrected chi connectivity index (χ2v) is 8.40. The van der Waals surface area contributed by atoms with Gasteiger partial charge in [-0.1, -0.05) is 48.0 Å². The van der Waals surface area contributed by atoms with Gasteiger partial charge >= 0.3 is 0 Å². The van der Waals surface area contributed by atoms with Gasteiger partial charge in [-0.05, 0) is 53.9 Å². The summed E-state index contributed by atoms with van der Waals surface area (Å²) in [5.41, 5.74) is 13.5. The van der Waals surface area contributed by atoms with E-state index in [-0.39, 0.29) is 11.9 Å². The van der Waals surface area contributed by atoms with Crippen LogP contribution in [0.1, 0.15) is 17.5 Å². The molecule has 0 saturated heterocycles. The monoisotopic (exact) mass is 478 g/mol. The van der Waals surface area contributed by atoms with Gasteiger partial charge in [0.2, 0.25) is 0 Å². The van der Waals surface area contributed by atoms with E-state index < -0.39 is 6.10 Å². The molecule has 1 atom stereocenters. The van der Waals surface area contributed by atoms with Crippen LogP contribution in [0.2, 0.25) is 5.02 Å². The van der Waals surface area contributed by atoms with Crippen molar-refractivity contribution in [1.82, 2.24) is 0 Å². The summed E-state index contributed by atoms with van der Waals surface area (Å²) in [5.74, 6) is 1.40. The molecule has 0 aromatic heterocycles. The lowest BCUT2D eigenvalue weighted by Gasteiger charge is -2.34. The topological polar surface area (TPSA) is 103 Å². The van der Waals surface area contributed by atoms with Gasteiger partial charge in [0.25, 0.3) is 5.91 Å². The third-order valence-corrected chi connectivity index (χ3v) is 5.70.